The average molecular weight is 399 g/mol. The average Bonchev–Trinajstić information content (AvgIpc) is 2.58. The van der Waals surface area contributed by atoms with E-state index in [1.807, 2.05) is 0 Å². The van der Waals surface area contributed by atoms with Gasteiger partial charge in [0.1, 0.15) is 5.75 Å². The molecule has 9 heteroatoms. The highest BCUT2D eigenvalue weighted by molar-refractivity contribution is 7.90. The summed E-state index contributed by atoms with van der Waals surface area (Å²) in [5.41, 5.74) is -0.747. The van der Waals surface area contributed by atoms with Gasteiger partial charge in [0.15, 0.2) is 9.84 Å². The van der Waals surface area contributed by atoms with E-state index in [0.717, 1.165) is 6.26 Å². The Morgan fingerprint density at radius 2 is 1.85 bits per heavy atom. The largest absolute Gasteiger partial charge is 0.494 e. The van der Waals surface area contributed by atoms with Crippen LogP contribution < -0.4 is 10.1 Å². The molecule has 8 nitrogen and oxygen atoms in total. The van der Waals surface area contributed by atoms with Crippen LogP contribution in [0, 0.1) is 0 Å². The maximum absolute atomic E-state index is 12.2. The van der Waals surface area contributed by atoms with Crippen molar-refractivity contribution < 1.29 is 32.6 Å². The van der Waals surface area contributed by atoms with E-state index in [1.54, 1.807) is 12.1 Å². The zero-order chi connectivity index (χ0) is 19.9. The predicted molar refractivity (Wildman–Crippen MR) is 97.5 cm³/mol. The van der Waals surface area contributed by atoms with Crippen molar-refractivity contribution in [1.82, 2.24) is 5.32 Å². The van der Waals surface area contributed by atoms with Gasteiger partial charge in [-0.15, -0.1) is 0 Å². The highest BCUT2D eigenvalue weighted by Crippen LogP contribution is 2.25. The Morgan fingerprint density at radius 3 is 2.41 bits per heavy atom. The minimum absolute atomic E-state index is 0.120. The quantitative estimate of drug-likeness (QED) is 0.602. The van der Waals surface area contributed by atoms with Crippen LogP contribution >= 0.6 is 0 Å². The summed E-state index contributed by atoms with van der Waals surface area (Å²) in [6, 6.07) is 6.08. The molecule has 150 valence electrons. The van der Waals surface area contributed by atoms with E-state index in [0.29, 0.717) is 44.8 Å². The summed E-state index contributed by atoms with van der Waals surface area (Å²) in [6.07, 6.45) is 2.65. The second-order valence-corrected chi connectivity index (χ2v) is 8.72. The van der Waals surface area contributed by atoms with Crippen LogP contribution in [0.5, 0.6) is 5.75 Å². The van der Waals surface area contributed by atoms with Crippen molar-refractivity contribution in [2.24, 2.45) is 0 Å². The van der Waals surface area contributed by atoms with Crippen molar-refractivity contribution in [3.05, 3.63) is 24.3 Å². The van der Waals surface area contributed by atoms with Crippen LogP contribution in [0.4, 0.5) is 0 Å². The molecule has 0 saturated carbocycles. The molecule has 1 aliphatic heterocycles. The van der Waals surface area contributed by atoms with Crippen LogP contribution in [0.15, 0.2) is 29.2 Å². The van der Waals surface area contributed by atoms with E-state index in [1.165, 1.54) is 12.1 Å². The molecule has 1 heterocycles. The zero-order valence-electron chi connectivity index (χ0n) is 15.3. The lowest BCUT2D eigenvalue weighted by atomic mass is 9.86. The third-order valence-corrected chi connectivity index (χ3v) is 5.54. The van der Waals surface area contributed by atoms with Gasteiger partial charge in [-0.2, -0.15) is 0 Å². The molecule has 0 bridgehead atoms. The number of hydrogen-bond acceptors (Lipinski definition) is 6. The number of benzene rings is 1. The van der Waals surface area contributed by atoms with E-state index in [-0.39, 0.29) is 23.6 Å². The Bertz CT molecular complexity index is 752. The van der Waals surface area contributed by atoms with Crippen LogP contribution in [-0.4, -0.2) is 57.0 Å². The molecule has 1 saturated heterocycles. The van der Waals surface area contributed by atoms with Gasteiger partial charge in [0, 0.05) is 25.9 Å². The van der Waals surface area contributed by atoms with E-state index in [9.17, 15) is 18.0 Å². The Balaban J connectivity index is 1.77. The van der Waals surface area contributed by atoms with Crippen LogP contribution in [0.3, 0.4) is 0 Å². The molecule has 1 aliphatic rings. The number of sulfone groups is 1. The monoisotopic (exact) mass is 399 g/mol. The predicted octanol–water partition coefficient (Wildman–Crippen LogP) is 1.39. The van der Waals surface area contributed by atoms with E-state index in [2.05, 4.69) is 5.32 Å². The highest BCUT2D eigenvalue weighted by atomic mass is 32.2. The third-order valence-electron chi connectivity index (χ3n) is 4.41. The lowest BCUT2D eigenvalue weighted by molar-refractivity contribution is -0.140. The SMILES string of the molecule is CS(=O)(=O)c1ccc(OCCCC(=O)NC2(CC(=O)O)CCOCC2)cc1. The van der Waals surface area contributed by atoms with Crippen molar-refractivity contribution in [2.75, 3.05) is 26.1 Å². The van der Waals surface area contributed by atoms with E-state index in [4.69, 9.17) is 14.6 Å². The highest BCUT2D eigenvalue weighted by Gasteiger charge is 2.36. The van der Waals surface area contributed by atoms with Crippen molar-refractivity contribution in [2.45, 2.75) is 42.5 Å². The maximum atomic E-state index is 12.2. The fourth-order valence-corrected chi connectivity index (χ4v) is 3.59. The van der Waals surface area contributed by atoms with Crippen molar-refractivity contribution in [3.8, 4) is 5.75 Å². The fraction of sp³-hybridized carbons (Fsp3) is 0.556. The van der Waals surface area contributed by atoms with Gasteiger partial charge < -0.3 is 19.9 Å². The number of rotatable bonds is 9. The van der Waals surface area contributed by atoms with Gasteiger partial charge in [0.05, 0.1) is 23.5 Å². The normalized spacial score (nSPS) is 16.5. The minimum Gasteiger partial charge on any atom is -0.494 e. The molecule has 0 aliphatic carbocycles. The number of nitrogens with one attached hydrogen (secondary N) is 1. The summed E-state index contributed by atoms with van der Waals surface area (Å²) in [5.74, 6) is -0.637. The molecule has 27 heavy (non-hydrogen) atoms. The molecule has 0 atom stereocenters. The molecule has 0 unspecified atom stereocenters. The van der Waals surface area contributed by atoms with Crippen molar-refractivity contribution in [1.29, 1.82) is 0 Å². The van der Waals surface area contributed by atoms with Crippen molar-refractivity contribution in [3.63, 3.8) is 0 Å². The lowest BCUT2D eigenvalue weighted by Gasteiger charge is -2.36. The summed E-state index contributed by atoms with van der Waals surface area (Å²) in [6.45, 7) is 1.15. The van der Waals surface area contributed by atoms with Gasteiger partial charge in [0.25, 0.3) is 0 Å². The van der Waals surface area contributed by atoms with Gasteiger partial charge in [-0.05, 0) is 43.5 Å². The molecule has 1 amide bonds. The maximum Gasteiger partial charge on any atom is 0.305 e. The molecule has 1 aromatic rings. The molecule has 1 fully saturated rings. The Labute approximate surface area is 158 Å². The first-order chi connectivity index (χ1) is 12.7. The first-order valence-electron chi connectivity index (χ1n) is 8.74. The number of carboxylic acids is 1. The molecule has 0 radical (unpaired) electrons. The van der Waals surface area contributed by atoms with Gasteiger partial charge in [0.2, 0.25) is 5.91 Å². The Kier molecular flexibility index (Phi) is 7.20. The smallest absolute Gasteiger partial charge is 0.305 e. The summed E-state index contributed by atoms with van der Waals surface area (Å²) < 4.78 is 33.6. The second-order valence-electron chi connectivity index (χ2n) is 6.71. The van der Waals surface area contributed by atoms with E-state index < -0.39 is 21.3 Å². The van der Waals surface area contributed by atoms with Crippen LogP contribution in [0.25, 0.3) is 0 Å². The Morgan fingerprint density at radius 1 is 1.22 bits per heavy atom. The summed E-state index contributed by atoms with van der Waals surface area (Å²) >= 11 is 0. The number of carbonyl (C=O) groups is 2. The van der Waals surface area contributed by atoms with Crippen LogP contribution in [0.2, 0.25) is 0 Å². The van der Waals surface area contributed by atoms with Crippen LogP contribution in [-0.2, 0) is 24.2 Å². The Hall–Kier alpha value is -2.13. The molecule has 0 aromatic heterocycles. The second kappa shape index (κ2) is 9.18. The van der Waals surface area contributed by atoms with Crippen LogP contribution in [0.1, 0.15) is 32.1 Å². The molecular weight excluding hydrogens is 374 g/mol. The first-order valence-corrected chi connectivity index (χ1v) is 10.6. The van der Waals surface area contributed by atoms with Gasteiger partial charge in [-0.1, -0.05) is 0 Å². The number of amides is 1. The van der Waals surface area contributed by atoms with Crippen molar-refractivity contribution >= 4 is 21.7 Å². The number of aliphatic carboxylic acids is 1. The molecular formula is C18H25NO7S. The fourth-order valence-electron chi connectivity index (χ4n) is 2.96. The topological polar surface area (TPSA) is 119 Å². The lowest BCUT2D eigenvalue weighted by Crippen LogP contribution is -2.53. The number of carboxylic acid groups (broad SMARTS) is 1. The van der Waals surface area contributed by atoms with Gasteiger partial charge in [-0.3, -0.25) is 9.59 Å². The summed E-state index contributed by atoms with van der Waals surface area (Å²) in [4.78, 5) is 23.5. The number of carbonyl (C=O) groups excluding carboxylic acids is 1. The standard InChI is InChI=1S/C18H25NO7S/c1-27(23,24)15-6-4-14(5-7-15)26-10-2-3-16(20)19-18(13-17(21)22)8-11-25-12-9-18/h4-7H,2-3,8-13H2,1H3,(H,19,20)(H,21,22). The molecule has 0 spiro atoms. The van der Waals surface area contributed by atoms with Gasteiger partial charge in [-0.25, -0.2) is 8.42 Å². The molecule has 1 aromatic carbocycles. The van der Waals surface area contributed by atoms with Gasteiger partial charge >= 0.3 is 5.97 Å². The number of ether oxygens (including phenoxy) is 2. The summed E-state index contributed by atoms with van der Waals surface area (Å²) in [7, 11) is -3.24. The minimum atomic E-state index is -3.24. The first kappa shape index (κ1) is 21.2. The zero-order valence-corrected chi connectivity index (χ0v) is 16.1. The number of hydrogen-bond donors (Lipinski definition) is 2. The third kappa shape index (κ3) is 6.84. The van der Waals surface area contributed by atoms with E-state index >= 15 is 0 Å². The summed E-state index contributed by atoms with van der Waals surface area (Å²) in [5, 5.41) is 12.0. The molecule has 2 N–H and O–H groups in total. The molecule has 2 rings (SSSR count).